The van der Waals surface area contributed by atoms with Gasteiger partial charge in [-0.15, -0.1) is 0 Å². The Kier molecular flexibility index (Phi) is 13.7. The molecule has 3 rings (SSSR count). The zero-order valence-electron chi connectivity index (χ0n) is 24.3. The van der Waals surface area contributed by atoms with Crippen LogP contribution in [0, 0.1) is 0 Å². The molecule has 1 amide bonds. The van der Waals surface area contributed by atoms with E-state index in [-0.39, 0.29) is 29.3 Å². The lowest BCUT2D eigenvalue weighted by Crippen LogP contribution is -2.64. The number of carbonyl (C=O) groups excluding carboxylic acids is 1. The fourth-order valence-electron chi connectivity index (χ4n) is 4.84. The molecule has 3 heterocycles. The Morgan fingerprint density at radius 2 is 2.05 bits per heavy atom. The molecule has 2 atom stereocenters. The van der Waals surface area contributed by atoms with Gasteiger partial charge in [0, 0.05) is 80.8 Å². The van der Waals surface area contributed by atoms with E-state index in [1.165, 1.54) is 5.57 Å². The van der Waals surface area contributed by atoms with Crippen molar-refractivity contribution < 1.29 is 9.90 Å². The van der Waals surface area contributed by atoms with Gasteiger partial charge < -0.3 is 26.8 Å². The summed E-state index contributed by atoms with van der Waals surface area (Å²) in [7, 11) is 1.74. The van der Waals surface area contributed by atoms with Crippen molar-refractivity contribution in [1.29, 1.82) is 0 Å². The number of aromatic amines is 1. The number of halogens is 1. The second-order valence-electron chi connectivity index (χ2n) is 10.3. The van der Waals surface area contributed by atoms with Crippen LogP contribution in [0.4, 0.5) is 5.82 Å². The summed E-state index contributed by atoms with van der Waals surface area (Å²) in [6.45, 7) is 18.6. The SMILES string of the molecule is C=C(Cl)/C=C\C(=C/C)CN1CCC2(CC1)NCCN(C(C)C(=C)O)CC2N.CN/C=C(\C)C(=O)Nc1ccn[nH]1. The minimum atomic E-state index is -0.154. The number of piperidine rings is 1. The van der Waals surface area contributed by atoms with Crippen molar-refractivity contribution in [3.8, 4) is 0 Å². The molecule has 0 saturated carbocycles. The molecule has 0 aliphatic carbocycles. The Bertz CT molecular complexity index is 1060. The summed E-state index contributed by atoms with van der Waals surface area (Å²) in [5.41, 5.74) is 8.47. The van der Waals surface area contributed by atoms with Gasteiger partial charge in [0.1, 0.15) is 11.6 Å². The number of carbonyl (C=O) groups is 1. The summed E-state index contributed by atoms with van der Waals surface area (Å²) < 4.78 is 0. The van der Waals surface area contributed by atoms with Crippen molar-refractivity contribution in [2.24, 2.45) is 5.73 Å². The smallest absolute Gasteiger partial charge is 0.253 e. The van der Waals surface area contributed by atoms with Crippen LogP contribution in [0.2, 0.25) is 0 Å². The first kappa shape index (κ1) is 33.3. The van der Waals surface area contributed by atoms with Gasteiger partial charge in [0.15, 0.2) is 0 Å². The molecule has 0 bridgehead atoms. The first-order chi connectivity index (χ1) is 19.0. The van der Waals surface area contributed by atoms with Crippen molar-refractivity contribution in [2.75, 3.05) is 51.6 Å². The highest BCUT2D eigenvalue weighted by Gasteiger charge is 2.42. The molecule has 2 aliphatic heterocycles. The van der Waals surface area contributed by atoms with E-state index in [4.69, 9.17) is 17.3 Å². The van der Waals surface area contributed by atoms with Crippen LogP contribution >= 0.6 is 11.6 Å². The van der Waals surface area contributed by atoms with Crippen molar-refractivity contribution in [2.45, 2.75) is 51.2 Å². The molecule has 10 nitrogen and oxygen atoms in total. The van der Waals surface area contributed by atoms with Crippen LogP contribution in [0.1, 0.15) is 33.6 Å². The van der Waals surface area contributed by atoms with E-state index in [0.29, 0.717) is 16.4 Å². The Labute approximate surface area is 244 Å². The topological polar surface area (TPSA) is 135 Å². The zero-order chi connectivity index (χ0) is 29.7. The molecule has 7 N–H and O–H groups in total. The van der Waals surface area contributed by atoms with Crippen molar-refractivity contribution >= 4 is 23.3 Å². The Morgan fingerprint density at radius 1 is 1.35 bits per heavy atom. The lowest BCUT2D eigenvalue weighted by Gasteiger charge is -2.45. The zero-order valence-corrected chi connectivity index (χ0v) is 25.1. The number of aliphatic hydroxyl groups is 1. The van der Waals surface area contributed by atoms with Gasteiger partial charge in [-0.1, -0.05) is 36.9 Å². The summed E-state index contributed by atoms with van der Waals surface area (Å²) in [6, 6.07) is 1.66. The van der Waals surface area contributed by atoms with E-state index in [1.54, 1.807) is 32.4 Å². The van der Waals surface area contributed by atoms with Gasteiger partial charge in [-0.25, -0.2) is 0 Å². The normalized spacial score (nSPS) is 21.3. The highest BCUT2D eigenvalue weighted by atomic mass is 35.5. The molecule has 0 aromatic carbocycles. The first-order valence-electron chi connectivity index (χ1n) is 13.7. The van der Waals surface area contributed by atoms with Gasteiger partial charge in [-0.3, -0.25) is 19.7 Å². The summed E-state index contributed by atoms with van der Waals surface area (Å²) in [6.07, 6.45) is 11.3. The van der Waals surface area contributed by atoms with Gasteiger partial charge in [0.25, 0.3) is 5.91 Å². The average Bonchev–Trinajstić information content (AvgIpc) is 3.38. The monoisotopic (exact) mass is 574 g/mol. The molecular formula is C29H47ClN8O2. The fourth-order valence-corrected chi connectivity index (χ4v) is 4.91. The van der Waals surface area contributed by atoms with Crippen LogP contribution in [0.25, 0.3) is 0 Å². The molecule has 2 aliphatic rings. The molecule has 1 aromatic heterocycles. The first-order valence-corrected chi connectivity index (χ1v) is 14.1. The maximum Gasteiger partial charge on any atom is 0.253 e. The van der Waals surface area contributed by atoms with E-state index in [1.807, 2.05) is 19.1 Å². The van der Waals surface area contributed by atoms with Gasteiger partial charge >= 0.3 is 0 Å². The third-order valence-corrected chi connectivity index (χ3v) is 7.64. The number of rotatable bonds is 9. The molecular weight excluding hydrogens is 528 g/mol. The quantitative estimate of drug-likeness (QED) is 0.150. The molecule has 1 spiro atoms. The fraction of sp³-hybridized carbons (Fsp3) is 0.517. The van der Waals surface area contributed by atoms with E-state index >= 15 is 0 Å². The van der Waals surface area contributed by atoms with Crippen LogP contribution in [0.15, 0.2) is 71.8 Å². The van der Waals surface area contributed by atoms with Crippen molar-refractivity contribution in [1.82, 2.24) is 30.6 Å². The van der Waals surface area contributed by atoms with Gasteiger partial charge in [0.05, 0.1) is 12.2 Å². The second-order valence-corrected chi connectivity index (χ2v) is 10.8. The number of allylic oxidation sites excluding steroid dienone is 3. The highest BCUT2D eigenvalue weighted by molar-refractivity contribution is 6.30. The van der Waals surface area contributed by atoms with E-state index in [0.717, 1.165) is 52.1 Å². The number of hydrogen-bond acceptors (Lipinski definition) is 8. The number of aromatic nitrogens is 2. The van der Waals surface area contributed by atoms with Crippen molar-refractivity contribution in [3.05, 3.63) is 71.8 Å². The van der Waals surface area contributed by atoms with E-state index < -0.39 is 0 Å². The number of nitrogens with one attached hydrogen (secondary N) is 4. The molecule has 2 fully saturated rings. The molecule has 2 unspecified atom stereocenters. The molecule has 0 radical (unpaired) electrons. The van der Waals surface area contributed by atoms with Crippen LogP contribution in [0.5, 0.6) is 0 Å². The van der Waals surface area contributed by atoms with Crippen LogP contribution in [0.3, 0.4) is 0 Å². The van der Waals surface area contributed by atoms with E-state index in [9.17, 15) is 9.90 Å². The number of hydrogen-bond donors (Lipinski definition) is 6. The number of likely N-dealkylation sites (tertiary alicyclic amines) is 1. The Hall–Kier alpha value is -2.89. The standard InChI is InChI=1S/C21H35ClN4O.C8H12N4O/c1-5-19(7-6-16(2)22)14-25-11-8-21(9-12-25)20(23)15-26(13-10-24-21)17(3)18(4)27;1-6(5-9-2)8(13)11-7-3-4-10-12-7/h5-7,17,20,24,27H,2,4,8-15,23H2,1,3H3;3-5,9H,1-2H3,(H2,10,11,12,13)/b7-6-,19-5+;6-5+. The molecule has 222 valence electrons. The third kappa shape index (κ3) is 10.3. The lowest BCUT2D eigenvalue weighted by molar-refractivity contribution is -0.112. The third-order valence-electron chi connectivity index (χ3n) is 7.52. The Balaban J connectivity index is 0.000000360. The number of nitrogens with zero attached hydrogens (tertiary/aromatic N) is 3. The summed E-state index contributed by atoms with van der Waals surface area (Å²) in [5.74, 6) is 0.645. The lowest BCUT2D eigenvalue weighted by atomic mass is 9.80. The van der Waals surface area contributed by atoms with Crippen molar-refractivity contribution in [3.63, 3.8) is 0 Å². The van der Waals surface area contributed by atoms with Gasteiger partial charge in [-0.2, -0.15) is 5.10 Å². The molecule has 40 heavy (non-hydrogen) atoms. The minimum Gasteiger partial charge on any atom is -0.511 e. The predicted molar refractivity (Wildman–Crippen MR) is 165 cm³/mol. The number of nitrogens with two attached hydrogens (primary N) is 1. The molecule has 1 aromatic rings. The van der Waals surface area contributed by atoms with Gasteiger partial charge in [0.2, 0.25) is 0 Å². The molecule has 11 heteroatoms. The summed E-state index contributed by atoms with van der Waals surface area (Å²) in [4.78, 5) is 16.0. The average molecular weight is 575 g/mol. The number of aliphatic hydroxyl groups excluding tert-OH is 1. The van der Waals surface area contributed by atoms with E-state index in [2.05, 4.69) is 62.1 Å². The number of anilines is 1. The maximum atomic E-state index is 11.3. The molecule has 2 saturated heterocycles. The largest absolute Gasteiger partial charge is 0.511 e. The van der Waals surface area contributed by atoms with Crippen LogP contribution < -0.4 is 21.7 Å². The van der Waals surface area contributed by atoms with Crippen LogP contribution in [-0.2, 0) is 4.79 Å². The highest BCUT2D eigenvalue weighted by Crippen LogP contribution is 2.28. The number of amides is 1. The minimum absolute atomic E-state index is 0.0296. The summed E-state index contributed by atoms with van der Waals surface area (Å²) in [5, 5.41) is 25.8. The number of H-pyrrole nitrogens is 1. The van der Waals surface area contributed by atoms with Crippen LogP contribution in [-0.4, -0.2) is 94.9 Å². The summed E-state index contributed by atoms with van der Waals surface area (Å²) >= 11 is 5.83. The maximum absolute atomic E-state index is 11.3. The second kappa shape index (κ2) is 16.4. The van der Waals surface area contributed by atoms with Gasteiger partial charge in [-0.05, 0) is 45.3 Å². The Morgan fingerprint density at radius 3 is 2.60 bits per heavy atom. The predicted octanol–water partition coefficient (Wildman–Crippen LogP) is 3.24.